The fourth-order valence-electron chi connectivity index (χ4n) is 3.11. The molecule has 0 aromatic heterocycles. The lowest BCUT2D eigenvalue weighted by Crippen LogP contribution is -2.30. The predicted molar refractivity (Wildman–Crippen MR) is 96.2 cm³/mol. The van der Waals surface area contributed by atoms with Crippen molar-refractivity contribution in [3.8, 4) is 0 Å². The first-order chi connectivity index (χ1) is 11.8. The van der Waals surface area contributed by atoms with Crippen LogP contribution in [0.5, 0.6) is 0 Å². The van der Waals surface area contributed by atoms with E-state index in [-0.39, 0.29) is 25.7 Å². The smallest absolute Gasteiger partial charge is 0.303 e. The molecule has 0 aliphatic rings. The number of anilines is 2. The van der Waals surface area contributed by atoms with E-state index in [9.17, 15) is 19.8 Å². The zero-order valence-electron chi connectivity index (χ0n) is 13.8. The van der Waals surface area contributed by atoms with Gasteiger partial charge >= 0.3 is 11.9 Å². The van der Waals surface area contributed by atoms with Crippen LogP contribution in [0.1, 0.15) is 36.8 Å². The summed E-state index contributed by atoms with van der Waals surface area (Å²) in [6.07, 6.45) is 0.412. The molecule has 0 fully saturated rings. The summed E-state index contributed by atoms with van der Waals surface area (Å²) in [5.74, 6) is -1.85. The largest absolute Gasteiger partial charge is 0.481 e. The number of aliphatic carboxylic acids is 2. The molecule has 0 atom stereocenters. The summed E-state index contributed by atoms with van der Waals surface area (Å²) < 4.78 is 0. The quantitative estimate of drug-likeness (QED) is 0.546. The molecule has 0 unspecified atom stereocenters. The molecule has 6 N–H and O–H groups in total. The number of carboxylic acids is 2. The second-order valence-corrected chi connectivity index (χ2v) is 6.11. The van der Waals surface area contributed by atoms with Gasteiger partial charge < -0.3 is 21.7 Å². The van der Waals surface area contributed by atoms with Gasteiger partial charge in [-0.25, -0.2) is 0 Å². The molecule has 0 radical (unpaired) electrons. The van der Waals surface area contributed by atoms with Crippen LogP contribution in [0.4, 0.5) is 11.4 Å². The van der Waals surface area contributed by atoms with Crippen LogP contribution in [-0.4, -0.2) is 22.2 Å². The van der Waals surface area contributed by atoms with Gasteiger partial charge in [0.2, 0.25) is 0 Å². The van der Waals surface area contributed by atoms with Crippen LogP contribution in [0.15, 0.2) is 48.5 Å². The van der Waals surface area contributed by atoms with Gasteiger partial charge in [0, 0.05) is 29.6 Å². The molecule has 0 heterocycles. The molecular formula is C19H22N2O4. The van der Waals surface area contributed by atoms with Crippen molar-refractivity contribution in [2.45, 2.75) is 31.1 Å². The van der Waals surface area contributed by atoms with Crippen molar-refractivity contribution in [3.63, 3.8) is 0 Å². The molecule has 0 amide bonds. The Labute approximate surface area is 146 Å². The summed E-state index contributed by atoms with van der Waals surface area (Å²) in [7, 11) is 0. The van der Waals surface area contributed by atoms with Crippen molar-refractivity contribution in [1.29, 1.82) is 0 Å². The van der Waals surface area contributed by atoms with E-state index in [1.54, 1.807) is 24.3 Å². The van der Waals surface area contributed by atoms with E-state index >= 15 is 0 Å². The van der Waals surface area contributed by atoms with E-state index in [0.29, 0.717) is 11.4 Å². The Hall–Kier alpha value is -3.02. The molecule has 6 heteroatoms. The van der Waals surface area contributed by atoms with Gasteiger partial charge in [-0.1, -0.05) is 24.3 Å². The highest BCUT2D eigenvalue weighted by molar-refractivity contribution is 5.68. The molecule has 0 spiro atoms. The summed E-state index contributed by atoms with van der Waals surface area (Å²) in [4.78, 5) is 22.4. The Morgan fingerprint density at radius 3 is 1.32 bits per heavy atom. The third-order valence-electron chi connectivity index (χ3n) is 4.46. The average Bonchev–Trinajstić information content (AvgIpc) is 2.57. The number of carbonyl (C=O) groups is 2. The fourth-order valence-corrected chi connectivity index (χ4v) is 3.11. The highest BCUT2D eigenvalue weighted by Crippen LogP contribution is 2.41. The second kappa shape index (κ2) is 7.70. The van der Waals surface area contributed by atoms with Crippen LogP contribution >= 0.6 is 0 Å². The molecule has 25 heavy (non-hydrogen) atoms. The Balaban J connectivity index is 2.57. The fraction of sp³-hybridized carbons (Fsp3) is 0.263. The Bertz CT molecular complexity index is 674. The first kappa shape index (κ1) is 18.3. The standard InChI is InChI=1S/C19H22N2O4/c20-15-5-1-13(2-6-15)19(11-9-17(22)23,12-10-18(24)25)14-3-7-16(21)8-4-14/h1-8H,9-12,20-21H2,(H,22,23)(H,24,25). The molecule has 2 aromatic carbocycles. The van der Waals surface area contributed by atoms with Crippen molar-refractivity contribution in [2.75, 3.05) is 11.5 Å². The van der Waals surface area contributed by atoms with Crippen LogP contribution in [0.3, 0.4) is 0 Å². The molecule has 0 aliphatic carbocycles. The van der Waals surface area contributed by atoms with Crippen molar-refractivity contribution < 1.29 is 19.8 Å². The molecule has 2 rings (SSSR count). The van der Waals surface area contributed by atoms with Crippen molar-refractivity contribution in [1.82, 2.24) is 0 Å². The van der Waals surface area contributed by atoms with Gasteiger partial charge in [0.15, 0.2) is 0 Å². The number of hydrogen-bond acceptors (Lipinski definition) is 4. The van der Waals surface area contributed by atoms with E-state index in [1.165, 1.54) is 0 Å². The van der Waals surface area contributed by atoms with Crippen molar-refractivity contribution in [2.24, 2.45) is 0 Å². The van der Waals surface area contributed by atoms with E-state index < -0.39 is 17.4 Å². The van der Waals surface area contributed by atoms with Gasteiger partial charge in [-0.2, -0.15) is 0 Å². The van der Waals surface area contributed by atoms with Crippen molar-refractivity contribution in [3.05, 3.63) is 59.7 Å². The van der Waals surface area contributed by atoms with Gasteiger partial charge in [-0.05, 0) is 48.2 Å². The summed E-state index contributed by atoms with van der Waals surface area (Å²) in [6, 6.07) is 14.3. The van der Waals surface area contributed by atoms with Gasteiger partial charge in [-0.15, -0.1) is 0 Å². The van der Waals surface area contributed by atoms with Crippen LogP contribution in [0, 0.1) is 0 Å². The van der Waals surface area contributed by atoms with E-state index in [2.05, 4.69) is 0 Å². The molecule has 0 saturated heterocycles. The molecule has 0 bridgehead atoms. The number of benzene rings is 2. The maximum atomic E-state index is 11.2. The zero-order chi connectivity index (χ0) is 18.4. The lowest BCUT2D eigenvalue weighted by molar-refractivity contribution is -0.137. The number of nitrogen functional groups attached to an aromatic ring is 2. The lowest BCUT2D eigenvalue weighted by atomic mass is 9.68. The van der Waals surface area contributed by atoms with Gasteiger partial charge in [0.05, 0.1) is 0 Å². The minimum atomic E-state index is -0.925. The third kappa shape index (κ3) is 4.50. The summed E-state index contributed by atoms with van der Waals surface area (Å²) in [5, 5.41) is 18.4. The number of hydrogen-bond donors (Lipinski definition) is 4. The zero-order valence-corrected chi connectivity index (χ0v) is 13.8. The van der Waals surface area contributed by atoms with Gasteiger partial charge in [0.1, 0.15) is 0 Å². The molecule has 0 saturated carbocycles. The molecule has 6 nitrogen and oxygen atoms in total. The van der Waals surface area contributed by atoms with E-state index in [1.807, 2.05) is 24.3 Å². The van der Waals surface area contributed by atoms with Gasteiger partial charge in [0.25, 0.3) is 0 Å². The van der Waals surface area contributed by atoms with E-state index in [4.69, 9.17) is 11.5 Å². The van der Waals surface area contributed by atoms with Crippen LogP contribution < -0.4 is 11.5 Å². The minimum absolute atomic E-state index is 0.0750. The number of rotatable bonds is 8. The lowest BCUT2D eigenvalue weighted by Gasteiger charge is -2.35. The monoisotopic (exact) mass is 342 g/mol. The topological polar surface area (TPSA) is 127 Å². The van der Waals surface area contributed by atoms with Crippen molar-refractivity contribution >= 4 is 23.3 Å². The van der Waals surface area contributed by atoms with Gasteiger partial charge in [-0.3, -0.25) is 9.59 Å². The summed E-state index contributed by atoms with van der Waals surface area (Å²) in [6.45, 7) is 0. The minimum Gasteiger partial charge on any atom is -0.481 e. The SMILES string of the molecule is Nc1ccc(C(CCC(=O)O)(CCC(=O)O)c2ccc(N)cc2)cc1. The Morgan fingerprint density at radius 2 is 1.04 bits per heavy atom. The molecule has 132 valence electrons. The van der Waals surface area contributed by atoms with Crippen LogP contribution in [0.25, 0.3) is 0 Å². The second-order valence-electron chi connectivity index (χ2n) is 6.11. The number of nitrogens with two attached hydrogens (primary N) is 2. The summed E-state index contributed by atoms with van der Waals surface area (Å²) >= 11 is 0. The average molecular weight is 342 g/mol. The number of carboxylic acid groups (broad SMARTS) is 2. The Morgan fingerprint density at radius 1 is 0.720 bits per heavy atom. The highest BCUT2D eigenvalue weighted by Gasteiger charge is 2.35. The van der Waals surface area contributed by atoms with Crippen LogP contribution in [0.2, 0.25) is 0 Å². The Kier molecular flexibility index (Phi) is 5.64. The maximum absolute atomic E-state index is 11.2. The maximum Gasteiger partial charge on any atom is 0.303 e. The molecular weight excluding hydrogens is 320 g/mol. The predicted octanol–water partition coefficient (Wildman–Crippen LogP) is 2.87. The van der Waals surface area contributed by atoms with E-state index in [0.717, 1.165) is 11.1 Å². The third-order valence-corrected chi connectivity index (χ3v) is 4.46. The first-order valence-corrected chi connectivity index (χ1v) is 7.99. The molecule has 2 aromatic rings. The van der Waals surface area contributed by atoms with Crippen LogP contribution in [-0.2, 0) is 15.0 Å². The normalized spacial score (nSPS) is 11.2. The first-order valence-electron chi connectivity index (χ1n) is 7.99. The summed E-state index contributed by atoms with van der Waals surface area (Å²) in [5.41, 5.74) is 13.7. The molecule has 0 aliphatic heterocycles. The highest BCUT2D eigenvalue weighted by atomic mass is 16.4.